The van der Waals surface area contributed by atoms with Crippen molar-refractivity contribution >= 4 is 0 Å². The largest absolute Gasteiger partial charge is 0.359 e. The van der Waals surface area contributed by atoms with Crippen LogP contribution in [-0.4, -0.2) is 33.3 Å². The maximum absolute atomic E-state index is 13.5. The Hall–Kier alpha value is -3.32. The molecule has 0 bridgehead atoms. The third-order valence-corrected chi connectivity index (χ3v) is 5.39. The zero-order valence-electron chi connectivity index (χ0n) is 16.4. The summed E-state index contributed by atoms with van der Waals surface area (Å²) >= 11 is 0. The maximum Gasteiger partial charge on any atom is 0.231 e. The van der Waals surface area contributed by atoms with E-state index in [2.05, 4.69) is 20.2 Å². The highest BCUT2D eigenvalue weighted by Gasteiger charge is 2.27. The van der Waals surface area contributed by atoms with Crippen LogP contribution >= 0.6 is 0 Å². The molecule has 6 nitrogen and oxygen atoms in total. The lowest BCUT2D eigenvalue weighted by atomic mass is 9.98. The van der Waals surface area contributed by atoms with Gasteiger partial charge in [-0.05, 0) is 31.5 Å². The fourth-order valence-corrected chi connectivity index (χ4v) is 3.90. The molecule has 0 N–H and O–H groups in total. The summed E-state index contributed by atoms with van der Waals surface area (Å²) < 4.78 is 24.5. The van der Waals surface area contributed by atoms with E-state index in [-0.39, 0.29) is 11.7 Å². The minimum atomic E-state index is -0.315. The van der Waals surface area contributed by atoms with Gasteiger partial charge in [0.2, 0.25) is 11.7 Å². The normalized spacial score (nSPS) is 17.3. The number of nitrogens with zero attached hydrogens (tertiary/aromatic N) is 4. The molecule has 0 radical (unpaired) electrons. The van der Waals surface area contributed by atoms with Gasteiger partial charge in [0.15, 0.2) is 5.76 Å². The first-order valence-electron chi connectivity index (χ1n) is 10.1. The van der Waals surface area contributed by atoms with Gasteiger partial charge in [0.1, 0.15) is 11.5 Å². The molecule has 1 saturated heterocycles. The van der Waals surface area contributed by atoms with Gasteiger partial charge in [-0.1, -0.05) is 52.8 Å². The molecule has 0 spiro atoms. The molecule has 1 aliphatic heterocycles. The lowest BCUT2D eigenvalue weighted by Gasteiger charge is -2.29. The van der Waals surface area contributed by atoms with Gasteiger partial charge in [0, 0.05) is 23.7 Å². The Balaban J connectivity index is 1.26. The SMILES string of the molecule is Fc1cccc(-c2noc(C3CCCN(Cc4cc(-c5ccccc5)no4)C3)n2)c1. The van der Waals surface area contributed by atoms with Crippen LogP contribution < -0.4 is 0 Å². The lowest BCUT2D eigenvalue weighted by Crippen LogP contribution is -2.33. The number of piperidine rings is 1. The number of hydrogen-bond donors (Lipinski definition) is 0. The van der Waals surface area contributed by atoms with Crippen LogP contribution in [-0.2, 0) is 6.54 Å². The van der Waals surface area contributed by atoms with Crippen molar-refractivity contribution in [3.05, 3.63) is 78.1 Å². The molecule has 0 amide bonds. The molecule has 5 rings (SSSR count). The first-order chi connectivity index (χ1) is 14.7. The van der Waals surface area contributed by atoms with Crippen LogP contribution in [0.2, 0.25) is 0 Å². The predicted molar refractivity (Wildman–Crippen MR) is 109 cm³/mol. The van der Waals surface area contributed by atoms with E-state index in [0.29, 0.717) is 23.8 Å². The Kier molecular flexibility index (Phi) is 5.11. The third kappa shape index (κ3) is 4.02. The van der Waals surface area contributed by atoms with Gasteiger partial charge in [-0.2, -0.15) is 4.98 Å². The summed E-state index contributed by atoms with van der Waals surface area (Å²) in [5.41, 5.74) is 2.50. The van der Waals surface area contributed by atoms with Crippen LogP contribution in [0.15, 0.2) is 69.7 Å². The molecule has 2 aromatic carbocycles. The van der Waals surface area contributed by atoms with Crippen LogP contribution in [0.4, 0.5) is 4.39 Å². The van der Waals surface area contributed by atoms with Gasteiger partial charge in [-0.25, -0.2) is 4.39 Å². The van der Waals surface area contributed by atoms with Crippen molar-refractivity contribution in [2.24, 2.45) is 0 Å². The summed E-state index contributed by atoms with van der Waals surface area (Å²) in [7, 11) is 0. The Bertz CT molecular complexity index is 1120. The summed E-state index contributed by atoms with van der Waals surface area (Å²) in [5, 5.41) is 8.25. The second-order valence-electron chi connectivity index (χ2n) is 7.59. The average Bonchev–Trinajstić information content (AvgIpc) is 3.45. The fraction of sp³-hybridized carbons (Fsp3) is 0.261. The zero-order valence-corrected chi connectivity index (χ0v) is 16.4. The molecule has 4 aromatic rings. The van der Waals surface area contributed by atoms with E-state index >= 15 is 0 Å². The second kappa shape index (κ2) is 8.20. The Morgan fingerprint density at radius 1 is 0.967 bits per heavy atom. The maximum atomic E-state index is 13.5. The van der Waals surface area contributed by atoms with Crippen molar-refractivity contribution in [3.8, 4) is 22.6 Å². The topological polar surface area (TPSA) is 68.2 Å². The van der Waals surface area contributed by atoms with Gasteiger partial charge >= 0.3 is 0 Å². The summed E-state index contributed by atoms with van der Waals surface area (Å²) in [5.74, 6) is 1.68. The summed E-state index contributed by atoms with van der Waals surface area (Å²) in [6.45, 7) is 2.45. The molecule has 30 heavy (non-hydrogen) atoms. The number of rotatable bonds is 5. The molecule has 1 atom stereocenters. The monoisotopic (exact) mass is 404 g/mol. The smallest absolute Gasteiger partial charge is 0.231 e. The molecule has 1 fully saturated rings. The van der Waals surface area contributed by atoms with Crippen molar-refractivity contribution < 1.29 is 13.4 Å². The van der Waals surface area contributed by atoms with E-state index in [4.69, 9.17) is 9.05 Å². The molecule has 0 saturated carbocycles. The summed E-state index contributed by atoms with van der Waals surface area (Å²) in [6.07, 6.45) is 2.01. The van der Waals surface area contributed by atoms with Gasteiger partial charge < -0.3 is 9.05 Å². The van der Waals surface area contributed by atoms with Crippen LogP contribution in [0.5, 0.6) is 0 Å². The second-order valence-corrected chi connectivity index (χ2v) is 7.59. The van der Waals surface area contributed by atoms with Gasteiger partial charge in [-0.3, -0.25) is 4.90 Å². The number of benzene rings is 2. The van der Waals surface area contributed by atoms with Crippen molar-refractivity contribution in [1.82, 2.24) is 20.2 Å². The predicted octanol–water partition coefficient (Wildman–Crippen LogP) is 4.91. The highest BCUT2D eigenvalue weighted by atomic mass is 19.1. The molecule has 0 aliphatic carbocycles. The summed E-state index contributed by atoms with van der Waals surface area (Å²) in [6, 6.07) is 18.2. The number of aromatic nitrogens is 3. The van der Waals surface area contributed by atoms with Gasteiger partial charge in [0.05, 0.1) is 12.5 Å². The lowest BCUT2D eigenvalue weighted by molar-refractivity contribution is 0.165. The molecule has 152 valence electrons. The first-order valence-corrected chi connectivity index (χ1v) is 10.1. The van der Waals surface area contributed by atoms with Crippen LogP contribution in [0.3, 0.4) is 0 Å². The minimum Gasteiger partial charge on any atom is -0.359 e. The van der Waals surface area contributed by atoms with E-state index in [9.17, 15) is 4.39 Å². The average molecular weight is 404 g/mol. The quantitative estimate of drug-likeness (QED) is 0.471. The van der Waals surface area contributed by atoms with E-state index in [0.717, 1.165) is 42.9 Å². The molecule has 3 heterocycles. The minimum absolute atomic E-state index is 0.144. The van der Waals surface area contributed by atoms with Crippen molar-refractivity contribution in [2.45, 2.75) is 25.3 Å². The van der Waals surface area contributed by atoms with E-state index in [1.54, 1.807) is 12.1 Å². The van der Waals surface area contributed by atoms with Crippen molar-refractivity contribution in [3.63, 3.8) is 0 Å². The Morgan fingerprint density at radius 2 is 1.83 bits per heavy atom. The molecule has 1 aliphatic rings. The number of likely N-dealkylation sites (tertiary alicyclic amines) is 1. The number of halogens is 1. The summed E-state index contributed by atoms with van der Waals surface area (Å²) in [4.78, 5) is 6.84. The van der Waals surface area contributed by atoms with E-state index in [1.165, 1.54) is 12.1 Å². The third-order valence-electron chi connectivity index (χ3n) is 5.39. The molecular formula is C23H21FN4O2. The molecule has 1 unspecified atom stereocenters. The van der Waals surface area contributed by atoms with Crippen molar-refractivity contribution in [1.29, 1.82) is 0 Å². The van der Waals surface area contributed by atoms with Gasteiger partial charge in [0.25, 0.3) is 0 Å². The number of hydrogen-bond acceptors (Lipinski definition) is 6. The Labute approximate surface area is 173 Å². The van der Waals surface area contributed by atoms with Crippen LogP contribution in [0.25, 0.3) is 22.6 Å². The molecule has 2 aromatic heterocycles. The van der Waals surface area contributed by atoms with Crippen molar-refractivity contribution in [2.75, 3.05) is 13.1 Å². The van der Waals surface area contributed by atoms with Gasteiger partial charge in [-0.15, -0.1) is 0 Å². The molecule has 7 heteroatoms. The highest BCUT2D eigenvalue weighted by molar-refractivity contribution is 5.58. The highest BCUT2D eigenvalue weighted by Crippen LogP contribution is 2.29. The zero-order chi connectivity index (χ0) is 20.3. The molecular weight excluding hydrogens is 383 g/mol. The first kappa shape index (κ1) is 18.7. The fourth-order valence-electron chi connectivity index (χ4n) is 3.90. The van der Waals surface area contributed by atoms with Crippen LogP contribution in [0.1, 0.15) is 30.4 Å². The van der Waals surface area contributed by atoms with E-state index in [1.807, 2.05) is 36.4 Å². The Morgan fingerprint density at radius 3 is 2.70 bits per heavy atom. The standard InChI is InChI=1S/C23H21FN4O2/c24-19-10-4-8-17(12-19)22-25-23(30-27-22)18-9-5-11-28(14-18)15-20-13-21(26-29-20)16-6-2-1-3-7-16/h1-4,6-8,10,12-13,18H,5,9,11,14-15H2. The van der Waals surface area contributed by atoms with E-state index < -0.39 is 0 Å². The van der Waals surface area contributed by atoms with Crippen LogP contribution in [0, 0.1) is 5.82 Å².